The van der Waals surface area contributed by atoms with Crippen molar-refractivity contribution in [3.05, 3.63) is 69.8 Å². The molecule has 1 fully saturated rings. The molecule has 0 spiro atoms. The molecule has 0 aromatic heterocycles. The van der Waals surface area contributed by atoms with E-state index in [1.807, 2.05) is 0 Å². The lowest BCUT2D eigenvalue weighted by Gasteiger charge is -2.34. The number of halogens is 6. The summed E-state index contributed by atoms with van der Waals surface area (Å²) in [6, 6.07) is 8.58. The number of nitriles is 1. The van der Waals surface area contributed by atoms with Crippen LogP contribution in [-0.4, -0.2) is 85.7 Å². The third-order valence-corrected chi connectivity index (χ3v) is 11.4. The van der Waals surface area contributed by atoms with Crippen molar-refractivity contribution in [1.82, 2.24) is 14.1 Å². The number of imide groups is 1. The highest BCUT2D eigenvalue weighted by atomic mass is 32.2. The van der Waals surface area contributed by atoms with Crippen LogP contribution < -0.4 is 4.90 Å². The Bertz CT molecular complexity index is 1900. The zero-order chi connectivity index (χ0) is 37.3. The molecule has 17 heteroatoms. The maximum absolute atomic E-state index is 13.5. The predicted molar refractivity (Wildman–Crippen MR) is 171 cm³/mol. The first-order chi connectivity index (χ1) is 23.9. The fraction of sp³-hybridized carbons (Fsp3) is 0.471. The smallest absolute Gasteiger partial charge is 0.330 e. The Kier molecular flexibility index (Phi) is 11.0. The minimum Gasteiger partial charge on any atom is -0.330 e. The maximum atomic E-state index is 13.5. The molecule has 0 N–H and O–H groups in total. The molecule has 0 aliphatic carbocycles. The van der Waals surface area contributed by atoms with E-state index in [0.717, 1.165) is 25.0 Å². The lowest BCUT2D eigenvalue weighted by atomic mass is 10.00. The summed E-state index contributed by atoms with van der Waals surface area (Å²) in [5, 5.41) is 9.04. The first kappa shape index (κ1) is 38.0. The van der Waals surface area contributed by atoms with Gasteiger partial charge >= 0.3 is 18.3 Å². The highest BCUT2D eigenvalue weighted by molar-refractivity contribution is 7.89. The van der Waals surface area contributed by atoms with Gasteiger partial charge in [0.25, 0.3) is 11.8 Å². The highest BCUT2D eigenvalue weighted by Crippen LogP contribution is 2.37. The lowest BCUT2D eigenvalue weighted by molar-refractivity contribution is -0.186. The molecule has 0 unspecified atom stereocenters. The van der Waals surface area contributed by atoms with E-state index in [0.29, 0.717) is 59.5 Å². The Hall–Kier alpha value is -4.27. The number of amides is 3. The normalized spacial score (nSPS) is 18.0. The predicted octanol–water partition coefficient (Wildman–Crippen LogP) is 5.17. The van der Waals surface area contributed by atoms with Gasteiger partial charge in [-0.05, 0) is 80.6 Å². The molecule has 51 heavy (non-hydrogen) atoms. The van der Waals surface area contributed by atoms with Gasteiger partial charge in [0.15, 0.2) is 0 Å². The van der Waals surface area contributed by atoms with Crippen molar-refractivity contribution in [3.63, 3.8) is 0 Å². The number of carbonyl (C=O) groups is 3. The molecule has 3 amide bonds. The fourth-order valence-electron chi connectivity index (χ4n) is 6.60. The van der Waals surface area contributed by atoms with E-state index >= 15 is 0 Å². The van der Waals surface area contributed by atoms with Crippen LogP contribution in [0, 0.1) is 11.3 Å². The zero-order valence-electron chi connectivity index (χ0n) is 27.6. The number of rotatable bonds is 10. The second kappa shape index (κ2) is 14.8. The van der Waals surface area contributed by atoms with Crippen LogP contribution in [0.25, 0.3) is 0 Å². The summed E-state index contributed by atoms with van der Waals surface area (Å²) >= 11 is 0. The van der Waals surface area contributed by atoms with Gasteiger partial charge in [0.2, 0.25) is 10.0 Å². The van der Waals surface area contributed by atoms with Gasteiger partial charge in [0.1, 0.15) is 0 Å². The van der Waals surface area contributed by atoms with Crippen molar-refractivity contribution in [3.8, 4) is 6.07 Å². The summed E-state index contributed by atoms with van der Waals surface area (Å²) in [6.07, 6.45) is -6.54. The largest absolute Gasteiger partial charge is 0.471 e. The summed E-state index contributed by atoms with van der Waals surface area (Å²) in [5.74, 6) is -3.34. The van der Waals surface area contributed by atoms with Crippen LogP contribution in [0.2, 0.25) is 0 Å². The molecule has 2 aromatic rings. The molecule has 3 heterocycles. The van der Waals surface area contributed by atoms with E-state index in [-0.39, 0.29) is 60.7 Å². The fourth-order valence-corrected chi connectivity index (χ4v) is 8.07. The second-order valence-electron chi connectivity index (χ2n) is 12.7. The Morgan fingerprint density at radius 1 is 0.863 bits per heavy atom. The van der Waals surface area contributed by atoms with Crippen molar-refractivity contribution < 1.29 is 49.1 Å². The van der Waals surface area contributed by atoms with Gasteiger partial charge in [-0.3, -0.25) is 14.4 Å². The van der Waals surface area contributed by atoms with Crippen LogP contribution in [0.5, 0.6) is 0 Å². The number of fused-ring (bicyclic) bond motifs is 1. The summed E-state index contributed by atoms with van der Waals surface area (Å²) in [6.45, 7) is 3.13. The summed E-state index contributed by atoms with van der Waals surface area (Å²) in [7, 11) is -3.91. The number of hydrogen-bond acceptors (Lipinski definition) is 7. The van der Waals surface area contributed by atoms with Crippen molar-refractivity contribution in [2.75, 3.05) is 44.2 Å². The first-order valence-electron chi connectivity index (χ1n) is 16.3. The Morgan fingerprint density at radius 3 is 2.20 bits per heavy atom. The van der Waals surface area contributed by atoms with Crippen LogP contribution in [-0.2, 0) is 43.5 Å². The van der Waals surface area contributed by atoms with E-state index < -0.39 is 51.2 Å². The lowest BCUT2D eigenvalue weighted by Crippen LogP contribution is -2.48. The van der Waals surface area contributed by atoms with E-state index in [1.54, 1.807) is 6.07 Å². The van der Waals surface area contributed by atoms with Crippen molar-refractivity contribution >= 4 is 33.4 Å². The number of anilines is 1. The van der Waals surface area contributed by atoms with Crippen molar-refractivity contribution in [1.29, 1.82) is 5.26 Å². The van der Waals surface area contributed by atoms with Gasteiger partial charge in [-0.2, -0.15) is 35.9 Å². The van der Waals surface area contributed by atoms with E-state index in [9.17, 15) is 49.1 Å². The summed E-state index contributed by atoms with van der Waals surface area (Å²) in [5.41, 5.74) is -0.618. The van der Waals surface area contributed by atoms with Crippen LogP contribution in [0.15, 0.2) is 52.4 Å². The maximum Gasteiger partial charge on any atom is 0.471 e. The zero-order valence-corrected chi connectivity index (χ0v) is 28.4. The number of piperazine rings is 1. The van der Waals surface area contributed by atoms with Gasteiger partial charge in [-0.1, -0.05) is 18.9 Å². The minimum absolute atomic E-state index is 0.0325. The van der Waals surface area contributed by atoms with Gasteiger partial charge in [0, 0.05) is 50.4 Å². The average Bonchev–Trinajstić information content (AvgIpc) is 3.30. The Balaban J connectivity index is 1.06. The van der Waals surface area contributed by atoms with Crippen molar-refractivity contribution in [2.24, 2.45) is 0 Å². The topological polar surface area (TPSA) is 122 Å². The molecular formula is C34H35F6N5O5S. The number of hydrogen-bond donors (Lipinski definition) is 0. The Morgan fingerprint density at radius 2 is 1.55 bits per heavy atom. The number of benzene rings is 2. The second-order valence-corrected chi connectivity index (χ2v) is 14.6. The minimum atomic E-state index is -5.01. The molecule has 0 atom stereocenters. The number of unbranched alkanes of at least 4 members (excludes halogenated alkanes) is 3. The van der Waals surface area contributed by atoms with Crippen LogP contribution >= 0.6 is 0 Å². The van der Waals surface area contributed by atoms with Gasteiger partial charge in [-0.25, -0.2) is 13.3 Å². The van der Waals surface area contributed by atoms with E-state index in [1.165, 1.54) is 29.4 Å². The number of nitrogens with zero attached hydrogens (tertiary/aromatic N) is 5. The average molecular weight is 740 g/mol. The standard InChI is InChI=1S/C34H35F6N5O5S/c1-22-28(31(47)45(30(22)46)26-9-7-24(20-41)29(19-26)33(35,36)37)6-4-2-3-5-12-42-14-16-44(17-15-42)51(49,50)27-10-8-23-11-13-43(21-25(23)18-27)32(48)34(38,39)40/h7-10,18-19H,2-6,11-17,21H2,1H3. The molecule has 274 valence electrons. The molecule has 2 aromatic carbocycles. The third-order valence-electron chi connectivity index (χ3n) is 9.46. The summed E-state index contributed by atoms with van der Waals surface area (Å²) < 4.78 is 107. The monoisotopic (exact) mass is 739 g/mol. The SMILES string of the molecule is CC1=C(CCCCCCN2CCN(S(=O)(=O)c3ccc4c(c3)CN(C(=O)C(F)(F)F)CC4)CC2)C(=O)N(c2ccc(C#N)c(C(F)(F)F)c2)C1=O. The van der Waals surface area contributed by atoms with Crippen LogP contribution in [0.4, 0.5) is 32.0 Å². The molecule has 3 aliphatic rings. The van der Waals surface area contributed by atoms with Gasteiger partial charge in [-0.15, -0.1) is 0 Å². The van der Waals surface area contributed by atoms with Crippen LogP contribution in [0.3, 0.4) is 0 Å². The molecule has 0 bridgehead atoms. The molecular weight excluding hydrogens is 704 g/mol. The number of sulfonamides is 1. The third kappa shape index (κ3) is 8.13. The molecule has 10 nitrogen and oxygen atoms in total. The molecule has 3 aliphatic heterocycles. The summed E-state index contributed by atoms with van der Waals surface area (Å²) in [4.78, 5) is 41.1. The van der Waals surface area contributed by atoms with Crippen molar-refractivity contribution in [2.45, 2.75) is 69.2 Å². The molecule has 0 radical (unpaired) electrons. The van der Waals surface area contributed by atoms with E-state index in [2.05, 4.69) is 4.90 Å². The molecule has 0 saturated carbocycles. The van der Waals surface area contributed by atoms with E-state index in [4.69, 9.17) is 5.26 Å². The molecule has 5 rings (SSSR count). The van der Waals surface area contributed by atoms with Crippen LogP contribution in [0.1, 0.15) is 61.3 Å². The van der Waals surface area contributed by atoms with Gasteiger partial charge in [0.05, 0.1) is 27.8 Å². The van der Waals surface area contributed by atoms with Gasteiger partial charge < -0.3 is 9.80 Å². The Labute approximate surface area is 290 Å². The molecule has 1 saturated heterocycles. The number of carbonyl (C=O) groups excluding carboxylic acids is 3. The first-order valence-corrected chi connectivity index (χ1v) is 17.8. The number of alkyl halides is 6. The highest BCUT2D eigenvalue weighted by Gasteiger charge is 2.43. The quantitative estimate of drug-likeness (QED) is 0.187.